The molecule has 0 bridgehead atoms. The lowest BCUT2D eigenvalue weighted by Crippen LogP contribution is -1.84. The Labute approximate surface area is 65.2 Å². The molecule has 0 saturated heterocycles. The van der Waals surface area contributed by atoms with Gasteiger partial charge in [-0.3, -0.25) is 0 Å². The Morgan fingerprint density at radius 1 is 1.45 bits per heavy atom. The lowest BCUT2D eigenvalue weighted by atomic mass is 10.0. The summed E-state index contributed by atoms with van der Waals surface area (Å²) >= 11 is 0. The largest absolute Gasteiger partial charge is 0.357 e. The highest BCUT2D eigenvalue weighted by Gasteiger charge is 2.05. The molecule has 1 aromatic heterocycles. The van der Waals surface area contributed by atoms with Crippen LogP contribution in [0.3, 0.4) is 0 Å². The molecule has 1 heterocycles. The SMILES string of the molecule is C1=CCCC(c2ccno2)=C1. The summed E-state index contributed by atoms with van der Waals surface area (Å²) in [5.41, 5.74) is 1.24. The molecule has 1 aliphatic rings. The summed E-state index contributed by atoms with van der Waals surface area (Å²) in [5, 5.41) is 3.66. The van der Waals surface area contributed by atoms with Crippen LogP contribution in [-0.4, -0.2) is 5.16 Å². The average Bonchev–Trinajstić information content (AvgIpc) is 2.58. The standard InChI is InChI=1S/C9H9NO/c1-2-4-8(5-3-1)9-6-7-10-11-9/h1-2,4,6-7H,3,5H2. The van der Waals surface area contributed by atoms with Gasteiger partial charge in [-0.1, -0.05) is 23.4 Å². The van der Waals surface area contributed by atoms with Gasteiger partial charge in [-0.15, -0.1) is 0 Å². The molecule has 56 valence electrons. The van der Waals surface area contributed by atoms with Crippen LogP contribution in [0.5, 0.6) is 0 Å². The minimum absolute atomic E-state index is 0.898. The van der Waals surface area contributed by atoms with Crippen LogP contribution in [0.4, 0.5) is 0 Å². The van der Waals surface area contributed by atoms with E-state index in [9.17, 15) is 0 Å². The lowest BCUT2D eigenvalue weighted by molar-refractivity contribution is 0.409. The zero-order valence-electron chi connectivity index (χ0n) is 6.16. The Morgan fingerprint density at radius 3 is 3.09 bits per heavy atom. The second kappa shape index (κ2) is 2.74. The van der Waals surface area contributed by atoms with Gasteiger partial charge in [0.2, 0.25) is 0 Å². The molecular weight excluding hydrogens is 138 g/mol. The Kier molecular flexibility index (Phi) is 1.60. The van der Waals surface area contributed by atoms with Gasteiger partial charge in [0.1, 0.15) is 0 Å². The molecule has 1 aliphatic carbocycles. The van der Waals surface area contributed by atoms with Gasteiger partial charge >= 0.3 is 0 Å². The zero-order chi connectivity index (χ0) is 7.52. The molecule has 0 unspecified atom stereocenters. The van der Waals surface area contributed by atoms with Gasteiger partial charge in [0.25, 0.3) is 0 Å². The zero-order valence-corrected chi connectivity index (χ0v) is 6.16. The maximum absolute atomic E-state index is 5.02. The van der Waals surface area contributed by atoms with E-state index in [4.69, 9.17) is 4.52 Å². The number of nitrogens with zero attached hydrogens (tertiary/aromatic N) is 1. The van der Waals surface area contributed by atoms with Crippen molar-refractivity contribution < 1.29 is 4.52 Å². The van der Waals surface area contributed by atoms with Crippen molar-refractivity contribution in [1.29, 1.82) is 0 Å². The molecule has 2 nitrogen and oxygen atoms in total. The van der Waals surface area contributed by atoms with Crippen LogP contribution in [0.1, 0.15) is 18.6 Å². The van der Waals surface area contributed by atoms with Crippen LogP contribution in [0, 0.1) is 0 Å². The van der Waals surface area contributed by atoms with Gasteiger partial charge in [-0.05, 0) is 18.4 Å². The molecular formula is C9H9NO. The van der Waals surface area contributed by atoms with Gasteiger partial charge in [-0.2, -0.15) is 0 Å². The van der Waals surface area contributed by atoms with Crippen LogP contribution in [0.15, 0.2) is 35.0 Å². The number of allylic oxidation sites excluding steroid dienone is 4. The number of hydrogen-bond acceptors (Lipinski definition) is 2. The highest BCUT2D eigenvalue weighted by molar-refractivity contribution is 5.63. The highest BCUT2D eigenvalue weighted by Crippen LogP contribution is 2.22. The van der Waals surface area contributed by atoms with Gasteiger partial charge in [0, 0.05) is 6.07 Å². The van der Waals surface area contributed by atoms with Crippen molar-refractivity contribution in [2.24, 2.45) is 0 Å². The minimum Gasteiger partial charge on any atom is -0.357 e. The van der Waals surface area contributed by atoms with Crippen molar-refractivity contribution in [3.63, 3.8) is 0 Å². The van der Waals surface area contributed by atoms with E-state index in [0.29, 0.717) is 0 Å². The van der Waals surface area contributed by atoms with Gasteiger partial charge in [0.15, 0.2) is 5.76 Å². The van der Waals surface area contributed by atoms with E-state index in [-0.39, 0.29) is 0 Å². The van der Waals surface area contributed by atoms with E-state index in [1.807, 2.05) is 6.07 Å². The Hall–Kier alpha value is -1.31. The summed E-state index contributed by atoms with van der Waals surface area (Å²) in [4.78, 5) is 0. The molecule has 0 atom stereocenters. The fourth-order valence-corrected chi connectivity index (χ4v) is 1.19. The normalized spacial score (nSPS) is 16.5. The van der Waals surface area contributed by atoms with Crippen molar-refractivity contribution in [2.45, 2.75) is 12.8 Å². The predicted octanol–water partition coefficient (Wildman–Crippen LogP) is 2.41. The molecule has 11 heavy (non-hydrogen) atoms. The number of rotatable bonds is 1. The molecule has 0 fully saturated rings. The Bertz CT molecular complexity index is 283. The van der Waals surface area contributed by atoms with Crippen LogP contribution in [0.25, 0.3) is 5.57 Å². The van der Waals surface area contributed by atoms with E-state index in [0.717, 1.165) is 18.6 Å². The molecule has 0 amide bonds. The second-order valence-electron chi connectivity index (χ2n) is 2.54. The maximum Gasteiger partial charge on any atom is 0.162 e. The monoisotopic (exact) mass is 147 g/mol. The lowest BCUT2D eigenvalue weighted by Gasteiger charge is -2.03. The molecule has 0 radical (unpaired) electrons. The van der Waals surface area contributed by atoms with Crippen LogP contribution >= 0.6 is 0 Å². The first-order valence-electron chi connectivity index (χ1n) is 3.73. The van der Waals surface area contributed by atoms with E-state index in [1.165, 1.54) is 5.57 Å². The molecule has 1 aromatic rings. The molecule has 2 rings (SSSR count). The summed E-state index contributed by atoms with van der Waals surface area (Å²) in [6.07, 6.45) is 10.1. The summed E-state index contributed by atoms with van der Waals surface area (Å²) in [6, 6.07) is 1.89. The van der Waals surface area contributed by atoms with Crippen molar-refractivity contribution in [1.82, 2.24) is 5.16 Å². The molecule has 0 N–H and O–H groups in total. The van der Waals surface area contributed by atoms with Gasteiger partial charge in [-0.25, -0.2) is 0 Å². The van der Waals surface area contributed by atoms with E-state index in [1.54, 1.807) is 6.20 Å². The first-order chi connectivity index (χ1) is 5.47. The molecule has 0 spiro atoms. The summed E-state index contributed by atoms with van der Waals surface area (Å²) in [5.74, 6) is 0.898. The smallest absolute Gasteiger partial charge is 0.162 e. The van der Waals surface area contributed by atoms with Gasteiger partial charge in [0.05, 0.1) is 6.20 Å². The number of aromatic nitrogens is 1. The minimum atomic E-state index is 0.898. The van der Waals surface area contributed by atoms with E-state index >= 15 is 0 Å². The quantitative estimate of drug-likeness (QED) is 0.609. The Morgan fingerprint density at radius 2 is 2.45 bits per heavy atom. The first-order valence-corrected chi connectivity index (χ1v) is 3.73. The van der Waals surface area contributed by atoms with Crippen molar-refractivity contribution in [3.8, 4) is 0 Å². The third-order valence-electron chi connectivity index (χ3n) is 1.77. The highest BCUT2D eigenvalue weighted by atomic mass is 16.5. The third kappa shape index (κ3) is 1.24. The molecule has 2 heteroatoms. The molecule has 0 saturated carbocycles. The van der Waals surface area contributed by atoms with Crippen LogP contribution in [0.2, 0.25) is 0 Å². The van der Waals surface area contributed by atoms with Crippen molar-refractivity contribution in [2.75, 3.05) is 0 Å². The van der Waals surface area contributed by atoms with Crippen LogP contribution < -0.4 is 0 Å². The summed E-state index contributed by atoms with van der Waals surface area (Å²) in [6.45, 7) is 0. The van der Waals surface area contributed by atoms with Crippen LogP contribution in [-0.2, 0) is 0 Å². The fourth-order valence-electron chi connectivity index (χ4n) is 1.19. The summed E-state index contributed by atoms with van der Waals surface area (Å²) in [7, 11) is 0. The molecule has 0 aliphatic heterocycles. The van der Waals surface area contributed by atoms with Gasteiger partial charge < -0.3 is 4.52 Å². The van der Waals surface area contributed by atoms with Crippen molar-refractivity contribution >= 4 is 5.57 Å². The van der Waals surface area contributed by atoms with E-state index in [2.05, 4.69) is 23.4 Å². The average molecular weight is 147 g/mol. The maximum atomic E-state index is 5.02. The number of hydrogen-bond donors (Lipinski definition) is 0. The molecule has 0 aromatic carbocycles. The Balaban J connectivity index is 2.29. The predicted molar refractivity (Wildman–Crippen MR) is 42.9 cm³/mol. The van der Waals surface area contributed by atoms with E-state index < -0.39 is 0 Å². The third-order valence-corrected chi connectivity index (χ3v) is 1.77. The first kappa shape index (κ1) is 6.40. The fraction of sp³-hybridized carbons (Fsp3) is 0.222. The topological polar surface area (TPSA) is 26.0 Å². The second-order valence-corrected chi connectivity index (χ2v) is 2.54. The summed E-state index contributed by atoms with van der Waals surface area (Å²) < 4.78 is 5.02. The van der Waals surface area contributed by atoms with Crippen molar-refractivity contribution in [3.05, 3.63) is 36.3 Å².